The fourth-order valence-corrected chi connectivity index (χ4v) is 3.68. The summed E-state index contributed by atoms with van der Waals surface area (Å²) in [6.07, 6.45) is 4.00. The summed E-state index contributed by atoms with van der Waals surface area (Å²) < 4.78 is 1.69. The zero-order valence-electron chi connectivity index (χ0n) is 15.1. The van der Waals surface area contributed by atoms with Gasteiger partial charge in [0.05, 0.1) is 0 Å². The molecular weight excluding hydrogens is 326 g/mol. The van der Waals surface area contributed by atoms with Crippen molar-refractivity contribution in [2.75, 3.05) is 37.3 Å². The molecule has 2 N–H and O–H groups in total. The fraction of sp³-hybridized carbons (Fsp3) is 0.421. The van der Waals surface area contributed by atoms with E-state index in [4.69, 9.17) is 5.73 Å². The lowest BCUT2D eigenvalue weighted by Crippen LogP contribution is -2.37. The molecule has 0 atom stereocenters. The first kappa shape index (κ1) is 16.8. The molecular formula is C19H25N7. The quantitative estimate of drug-likeness (QED) is 0.758. The molecule has 26 heavy (non-hydrogen) atoms. The third kappa shape index (κ3) is 3.62. The van der Waals surface area contributed by atoms with Gasteiger partial charge in [0, 0.05) is 26.2 Å². The van der Waals surface area contributed by atoms with Crippen LogP contribution in [0.5, 0.6) is 0 Å². The van der Waals surface area contributed by atoms with Crippen molar-refractivity contribution in [3.05, 3.63) is 48.3 Å². The molecule has 0 amide bonds. The summed E-state index contributed by atoms with van der Waals surface area (Å²) in [6.45, 7) is 4.32. The molecule has 4 rings (SSSR count). The molecule has 7 nitrogen and oxygen atoms in total. The van der Waals surface area contributed by atoms with Crippen molar-refractivity contribution >= 4 is 17.4 Å². The SMILES string of the molecule is CN(CC1CCN(Cc2ccccc2)CC1)c1cc2nncn2c(N)n1. The number of piperidine rings is 1. The lowest BCUT2D eigenvalue weighted by atomic mass is 9.96. The van der Waals surface area contributed by atoms with Crippen molar-refractivity contribution in [2.24, 2.45) is 5.92 Å². The Balaban J connectivity index is 1.33. The molecule has 136 valence electrons. The fourth-order valence-electron chi connectivity index (χ4n) is 3.68. The lowest BCUT2D eigenvalue weighted by Gasteiger charge is -2.34. The summed E-state index contributed by atoms with van der Waals surface area (Å²) in [5, 5.41) is 7.97. The first-order chi connectivity index (χ1) is 12.7. The number of nitrogens with two attached hydrogens (primary N) is 1. The summed E-state index contributed by atoms with van der Waals surface area (Å²) in [6, 6.07) is 12.6. The Hall–Kier alpha value is -2.67. The van der Waals surface area contributed by atoms with E-state index in [1.165, 1.54) is 18.4 Å². The van der Waals surface area contributed by atoms with Gasteiger partial charge >= 0.3 is 0 Å². The highest BCUT2D eigenvalue weighted by atomic mass is 15.3. The number of anilines is 2. The van der Waals surface area contributed by atoms with Gasteiger partial charge in [0.1, 0.15) is 12.1 Å². The molecule has 0 spiro atoms. The Morgan fingerprint density at radius 1 is 1.19 bits per heavy atom. The van der Waals surface area contributed by atoms with Crippen LogP contribution in [-0.4, -0.2) is 51.2 Å². The van der Waals surface area contributed by atoms with E-state index in [1.807, 2.05) is 6.07 Å². The van der Waals surface area contributed by atoms with Crippen molar-refractivity contribution in [3.8, 4) is 0 Å². The molecule has 3 heterocycles. The van der Waals surface area contributed by atoms with Crippen LogP contribution < -0.4 is 10.6 Å². The molecule has 7 heteroatoms. The van der Waals surface area contributed by atoms with Crippen molar-refractivity contribution in [2.45, 2.75) is 19.4 Å². The number of hydrogen-bond donors (Lipinski definition) is 1. The van der Waals surface area contributed by atoms with Gasteiger partial charge in [0.25, 0.3) is 0 Å². The van der Waals surface area contributed by atoms with Crippen molar-refractivity contribution in [1.29, 1.82) is 0 Å². The predicted molar refractivity (Wildman–Crippen MR) is 103 cm³/mol. The molecule has 0 aliphatic carbocycles. The smallest absolute Gasteiger partial charge is 0.209 e. The molecule has 2 aromatic heterocycles. The number of benzene rings is 1. The largest absolute Gasteiger partial charge is 0.369 e. The normalized spacial score (nSPS) is 16.2. The van der Waals surface area contributed by atoms with Crippen LogP contribution in [0, 0.1) is 5.92 Å². The molecule has 0 saturated carbocycles. The minimum atomic E-state index is 0.423. The highest BCUT2D eigenvalue weighted by Gasteiger charge is 2.21. The van der Waals surface area contributed by atoms with Crippen LogP contribution in [0.2, 0.25) is 0 Å². The zero-order valence-corrected chi connectivity index (χ0v) is 15.1. The standard InChI is InChI=1S/C19H25N7/c1-24(17-11-18-23-21-14-26(18)19(20)22-17)12-16-7-9-25(10-8-16)13-15-5-3-2-4-6-15/h2-6,11,14,16H,7-10,12-13H2,1H3,(H2,20,22). The number of nitrogens with zero attached hydrogens (tertiary/aromatic N) is 6. The van der Waals surface area contributed by atoms with Crippen molar-refractivity contribution in [1.82, 2.24) is 24.5 Å². The molecule has 1 fully saturated rings. The Kier molecular flexibility index (Phi) is 4.71. The van der Waals surface area contributed by atoms with Gasteiger partial charge in [-0.1, -0.05) is 30.3 Å². The third-order valence-corrected chi connectivity index (χ3v) is 5.19. The number of aromatic nitrogens is 4. The van der Waals surface area contributed by atoms with Gasteiger partial charge in [-0.25, -0.2) is 0 Å². The van der Waals surface area contributed by atoms with Crippen LogP contribution in [-0.2, 0) is 6.54 Å². The Morgan fingerprint density at radius 3 is 2.73 bits per heavy atom. The number of nitrogen functional groups attached to an aromatic ring is 1. The number of hydrogen-bond acceptors (Lipinski definition) is 6. The van der Waals surface area contributed by atoms with E-state index >= 15 is 0 Å². The van der Waals surface area contributed by atoms with E-state index in [0.29, 0.717) is 11.9 Å². The summed E-state index contributed by atoms with van der Waals surface area (Å²) in [5.74, 6) is 1.95. The molecule has 1 aliphatic rings. The monoisotopic (exact) mass is 351 g/mol. The van der Waals surface area contributed by atoms with E-state index in [9.17, 15) is 0 Å². The average Bonchev–Trinajstić information content (AvgIpc) is 3.13. The predicted octanol–water partition coefficient (Wildman–Crippen LogP) is 2.05. The number of fused-ring (bicyclic) bond motifs is 1. The van der Waals surface area contributed by atoms with E-state index in [0.717, 1.165) is 37.6 Å². The molecule has 1 saturated heterocycles. The van der Waals surface area contributed by atoms with Crippen LogP contribution in [0.3, 0.4) is 0 Å². The van der Waals surface area contributed by atoms with E-state index < -0.39 is 0 Å². The van der Waals surface area contributed by atoms with Crippen molar-refractivity contribution < 1.29 is 0 Å². The second kappa shape index (κ2) is 7.29. The molecule has 3 aromatic rings. The summed E-state index contributed by atoms with van der Waals surface area (Å²) in [4.78, 5) is 9.22. The van der Waals surface area contributed by atoms with Crippen LogP contribution >= 0.6 is 0 Å². The second-order valence-corrected chi connectivity index (χ2v) is 7.12. The molecule has 0 radical (unpaired) electrons. The minimum absolute atomic E-state index is 0.423. The average molecular weight is 351 g/mol. The Bertz CT molecular complexity index is 853. The summed E-state index contributed by atoms with van der Waals surface area (Å²) >= 11 is 0. The molecule has 1 aliphatic heterocycles. The van der Waals surface area contributed by atoms with Gasteiger partial charge in [-0.2, -0.15) is 4.98 Å². The maximum absolute atomic E-state index is 6.00. The number of likely N-dealkylation sites (tertiary alicyclic amines) is 1. The zero-order chi connectivity index (χ0) is 17.9. The topological polar surface area (TPSA) is 75.6 Å². The maximum Gasteiger partial charge on any atom is 0.209 e. The first-order valence-electron chi connectivity index (χ1n) is 9.13. The van der Waals surface area contributed by atoms with Crippen molar-refractivity contribution in [3.63, 3.8) is 0 Å². The van der Waals surface area contributed by atoms with Crippen LogP contribution in [0.25, 0.3) is 5.65 Å². The Morgan fingerprint density at radius 2 is 1.96 bits per heavy atom. The summed E-state index contributed by atoms with van der Waals surface area (Å²) in [5.41, 5.74) is 8.13. The van der Waals surface area contributed by atoms with E-state index in [1.54, 1.807) is 10.7 Å². The van der Waals surface area contributed by atoms with E-state index in [2.05, 4.69) is 62.4 Å². The molecule has 0 unspecified atom stereocenters. The van der Waals surface area contributed by atoms with Crippen LogP contribution in [0.1, 0.15) is 18.4 Å². The van der Waals surface area contributed by atoms with Gasteiger partial charge in [0.2, 0.25) is 5.95 Å². The second-order valence-electron chi connectivity index (χ2n) is 7.12. The van der Waals surface area contributed by atoms with Crippen LogP contribution in [0.4, 0.5) is 11.8 Å². The Labute approximate surface area is 153 Å². The molecule has 0 bridgehead atoms. The first-order valence-corrected chi connectivity index (χ1v) is 9.13. The van der Waals surface area contributed by atoms with Gasteiger partial charge in [-0.05, 0) is 37.4 Å². The minimum Gasteiger partial charge on any atom is -0.369 e. The van der Waals surface area contributed by atoms with E-state index in [-0.39, 0.29) is 0 Å². The highest BCUT2D eigenvalue weighted by Crippen LogP contribution is 2.22. The highest BCUT2D eigenvalue weighted by molar-refractivity contribution is 5.54. The van der Waals surface area contributed by atoms with Crippen LogP contribution in [0.15, 0.2) is 42.7 Å². The summed E-state index contributed by atoms with van der Waals surface area (Å²) in [7, 11) is 2.07. The van der Waals surface area contributed by atoms with Gasteiger partial charge in [-0.3, -0.25) is 9.30 Å². The third-order valence-electron chi connectivity index (χ3n) is 5.19. The molecule has 1 aromatic carbocycles. The number of rotatable bonds is 5. The van der Waals surface area contributed by atoms with Gasteiger partial charge in [-0.15, -0.1) is 10.2 Å². The van der Waals surface area contributed by atoms with Gasteiger partial charge < -0.3 is 10.6 Å². The van der Waals surface area contributed by atoms with Gasteiger partial charge in [0.15, 0.2) is 5.65 Å². The maximum atomic E-state index is 6.00. The lowest BCUT2D eigenvalue weighted by molar-refractivity contribution is 0.179.